The van der Waals surface area contributed by atoms with Crippen molar-refractivity contribution in [2.45, 2.75) is 66.2 Å². The molecule has 2 aromatic rings. The Hall–Kier alpha value is -4.48. The Morgan fingerprint density at radius 3 is 1.42 bits per heavy atom. The fourth-order valence-corrected chi connectivity index (χ4v) is 3.62. The summed E-state index contributed by atoms with van der Waals surface area (Å²) in [6.07, 6.45) is 2.25. The van der Waals surface area contributed by atoms with Crippen LogP contribution in [0.2, 0.25) is 0 Å². The summed E-state index contributed by atoms with van der Waals surface area (Å²) in [5.74, 6) is -0.675. The number of carbonyl (C=O) groups excluding carboxylic acids is 2. The number of nitrogens with zero attached hydrogens (tertiary/aromatic N) is 4. The van der Waals surface area contributed by atoms with Gasteiger partial charge in [0.25, 0.3) is 11.4 Å². The molecule has 0 saturated heterocycles. The molecule has 0 heterocycles. The molecule has 202 valence electrons. The first-order chi connectivity index (χ1) is 18.1. The molecule has 2 rings (SSSR count). The van der Waals surface area contributed by atoms with Crippen LogP contribution in [0.3, 0.4) is 0 Å². The summed E-state index contributed by atoms with van der Waals surface area (Å²) in [6.45, 7) is 6.97. The van der Waals surface area contributed by atoms with Crippen molar-refractivity contribution in [3.8, 4) is 0 Å². The summed E-state index contributed by atoms with van der Waals surface area (Å²) >= 11 is 0. The quantitative estimate of drug-likeness (QED) is 0.168. The van der Waals surface area contributed by atoms with E-state index in [1.165, 1.54) is 12.1 Å². The van der Waals surface area contributed by atoms with Gasteiger partial charge in [0.1, 0.15) is 0 Å². The third-order valence-electron chi connectivity index (χ3n) is 5.92. The first-order valence-electron chi connectivity index (χ1n) is 12.3. The summed E-state index contributed by atoms with van der Waals surface area (Å²) < 4.78 is 0. The van der Waals surface area contributed by atoms with Gasteiger partial charge in [-0.1, -0.05) is 38.1 Å². The molecule has 0 fully saturated rings. The monoisotopic (exact) mass is 524 g/mol. The number of aryl methyl sites for hydroxylation is 2. The average molecular weight is 525 g/mol. The van der Waals surface area contributed by atoms with E-state index in [1.54, 1.807) is 38.1 Å². The molecule has 12 heteroatoms. The number of nitro benzene ring substituents is 2. The number of benzene rings is 2. The highest BCUT2D eigenvalue weighted by atomic mass is 16.6. The first kappa shape index (κ1) is 29.7. The second kappa shape index (κ2) is 14.3. The average Bonchev–Trinajstić information content (AvgIpc) is 2.91. The molecule has 0 aliphatic carbocycles. The third kappa shape index (κ3) is 8.57. The number of hydrogen-bond donors (Lipinski definition) is 2. The number of nitrogens with one attached hydrogen (secondary N) is 2. The van der Waals surface area contributed by atoms with Crippen molar-refractivity contribution in [2.24, 2.45) is 10.2 Å². The normalized spacial score (nSPS) is 11.7. The second-order valence-corrected chi connectivity index (χ2v) is 8.58. The van der Waals surface area contributed by atoms with Crippen LogP contribution >= 0.6 is 0 Å². The van der Waals surface area contributed by atoms with E-state index in [4.69, 9.17) is 0 Å². The van der Waals surface area contributed by atoms with Crippen molar-refractivity contribution >= 4 is 34.6 Å². The van der Waals surface area contributed by atoms with E-state index in [2.05, 4.69) is 21.1 Å². The van der Waals surface area contributed by atoms with E-state index in [1.807, 2.05) is 13.8 Å². The molecular weight excluding hydrogens is 492 g/mol. The zero-order valence-corrected chi connectivity index (χ0v) is 21.9. The Bertz CT molecular complexity index is 1170. The molecule has 0 aliphatic rings. The number of rotatable bonds is 13. The van der Waals surface area contributed by atoms with E-state index < -0.39 is 9.85 Å². The van der Waals surface area contributed by atoms with Gasteiger partial charge in [-0.25, -0.2) is 10.9 Å². The van der Waals surface area contributed by atoms with E-state index in [0.717, 1.165) is 0 Å². The fraction of sp³-hybridized carbons (Fsp3) is 0.385. The lowest BCUT2D eigenvalue weighted by Crippen LogP contribution is -2.20. The molecule has 0 aromatic heterocycles. The van der Waals surface area contributed by atoms with E-state index in [-0.39, 0.29) is 36.0 Å². The van der Waals surface area contributed by atoms with Gasteiger partial charge >= 0.3 is 0 Å². The summed E-state index contributed by atoms with van der Waals surface area (Å²) in [5.41, 5.74) is 8.09. The highest BCUT2D eigenvalue weighted by Crippen LogP contribution is 2.22. The maximum atomic E-state index is 12.1. The minimum atomic E-state index is -0.438. The summed E-state index contributed by atoms with van der Waals surface area (Å²) in [5, 5.41) is 30.5. The molecule has 0 aliphatic heterocycles. The van der Waals surface area contributed by atoms with Crippen molar-refractivity contribution in [2.75, 3.05) is 0 Å². The lowest BCUT2D eigenvalue weighted by atomic mass is 10.0. The molecule has 12 nitrogen and oxygen atoms in total. The second-order valence-electron chi connectivity index (χ2n) is 8.58. The minimum Gasteiger partial charge on any atom is -0.273 e. The Morgan fingerprint density at radius 1 is 0.737 bits per heavy atom. The topological polar surface area (TPSA) is 169 Å². The maximum absolute atomic E-state index is 12.1. The van der Waals surface area contributed by atoms with Gasteiger partial charge in [-0.15, -0.1) is 0 Å². The number of nitro groups is 2. The predicted molar refractivity (Wildman–Crippen MR) is 144 cm³/mol. The standard InChI is InChI=1S/C26H32N6O6/c1-5-19-11-13-21(15-23(19)31(35)36)17(3)27-29-25(33)9-7-8-10-26(34)30-28-18(4)22-14-12-20(6-2)24(16-22)32(37)38/h11-16H,5-10H2,1-4H3,(H,29,33)(H,30,34)/b27-17+,28-18+. The molecular formula is C26H32N6O6. The van der Waals surface area contributed by atoms with Crippen LogP contribution in [0.25, 0.3) is 0 Å². The van der Waals surface area contributed by atoms with Crippen molar-refractivity contribution < 1.29 is 19.4 Å². The van der Waals surface area contributed by atoms with Crippen LogP contribution in [0.5, 0.6) is 0 Å². The predicted octanol–water partition coefficient (Wildman–Crippen LogP) is 4.57. The van der Waals surface area contributed by atoms with Crippen LogP contribution in [-0.4, -0.2) is 33.1 Å². The van der Waals surface area contributed by atoms with Gasteiger partial charge in [-0.05, 0) is 39.5 Å². The highest BCUT2D eigenvalue weighted by Gasteiger charge is 2.15. The molecule has 2 aromatic carbocycles. The van der Waals surface area contributed by atoms with Crippen LogP contribution in [0.1, 0.15) is 75.6 Å². The molecule has 0 radical (unpaired) electrons. The fourth-order valence-electron chi connectivity index (χ4n) is 3.62. The van der Waals surface area contributed by atoms with Crippen LogP contribution < -0.4 is 10.9 Å². The van der Waals surface area contributed by atoms with Crippen LogP contribution in [-0.2, 0) is 22.4 Å². The van der Waals surface area contributed by atoms with Crippen molar-refractivity contribution in [3.05, 3.63) is 78.9 Å². The maximum Gasteiger partial charge on any atom is 0.273 e. The van der Waals surface area contributed by atoms with Gasteiger partial charge in [-0.2, -0.15) is 10.2 Å². The largest absolute Gasteiger partial charge is 0.273 e. The van der Waals surface area contributed by atoms with Crippen molar-refractivity contribution in [3.63, 3.8) is 0 Å². The van der Waals surface area contributed by atoms with Gasteiger partial charge in [-0.3, -0.25) is 29.8 Å². The lowest BCUT2D eigenvalue weighted by molar-refractivity contribution is -0.385. The third-order valence-corrected chi connectivity index (χ3v) is 5.92. The van der Waals surface area contributed by atoms with E-state index >= 15 is 0 Å². The molecule has 38 heavy (non-hydrogen) atoms. The van der Waals surface area contributed by atoms with Crippen LogP contribution in [0, 0.1) is 20.2 Å². The van der Waals surface area contributed by atoms with E-state index in [0.29, 0.717) is 59.4 Å². The van der Waals surface area contributed by atoms with Gasteiger partial charge in [0.15, 0.2) is 0 Å². The number of hydrazone groups is 2. The first-order valence-corrected chi connectivity index (χ1v) is 12.3. The Balaban J connectivity index is 1.80. The molecule has 0 atom stereocenters. The molecule has 2 amide bonds. The summed E-state index contributed by atoms with van der Waals surface area (Å²) in [4.78, 5) is 45.8. The molecule has 2 N–H and O–H groups in total. The molecule has 0 saturated carbocycles. The summed E-state index contributed by atoms with van der Waals surface area (Å²) in [6, 6.07) is 9.68. The zero-order valence-electron chi connectivity index (χ0n) is 21.9. The minimum absolute atomic E-state index is 0.0133. The molecule has 0 spiro atoms. The Labute approximate surface area is 220 Å². The smallest absolute Gasteiger partial charge is 0.273 e. The van der Waals surface area contributed by atoms with Gasteiger partial charge in [0.05, 0.1) is 21.3 Å². The number of carbonyl (C=O) groups is 2. The molecule has 0 bridgehead atoms. The molecule has 0 unspecified atom stereocenters. The summed E-state index contributed by atoms with van der Waals surface area (Å²) in [7, 11) is 0. The Kier molecular flexibility index (Phi) is 11.2. The highest BCUT2D eigenvalue weighted by molar-refractivity contribution is 6.00. The number of unbranched alkanes of at least 4 members (excludes halogenated alkanes) is 1. The lowest BCUT2D eigenvalue weighted by Gasteiger charge is -2.06. The number of hydrogen-bond acceptors (Lipinski definition) is 8. The van der Waals surface area contributed by atoms with Crippen molar-refractivity contribution in [1.29, 1.82) is 0 Å². The van der Waals surface area contributed by atoms with Gasteiger partial charge < -0.3 is 0 Å². The zero-order chi connectivity index (χ0) is 28.2. The number of amides is 2. The Morgan fingerprint density at radius 2 is 1.11 bits per heavy atom. The van der Waals surface area contributed by atoms with Gasteiger partial charge in [0.2, 0.25) is 11.8 Å². The van der Waals surface area contributed by atoms with Gasteiger partial charge in [0, 0.05) is 47.2 Å². The van der Waals surface area contributed by atoms with Crippen molar-refractivity contribution in [1.82, 2.24) is 10.9 Å². The van der Waals surface area contributed by atoms with Crippen LogP contribution in [0.4, 0.5) is 11.4 Å². The van der Waals surface area contributed by atoms with E-state index in [9.17, 15) is 29.8 Å². The SMILES string of the molecule is CCc1ccc(/C(C)=N/NC(=O)CCCCC(=O)N/N=C(\C)c2ccc(CC)c([N+](=O)[O-])c2)cc1[N+](=O)[O-]. The van der Waals surface area contributed by atoms with Crippen LogP contribution in [0.15, 0.2) is 46.6 Å².